The molecule has 1 saturated carbocycles. The number of Topliss-reactive ketones (excluding diaryl/α,β-unsaturated/α-hetero) is 1. The highest BCUT2D eigenvalue weighted by Gasteiger charge is 2.13. The number of hydrogen-bond acceptors (Lipinski definition) is 1. The first-order valence-electron chi connectivity index (χ1n) is 7.40. The van der Waals surface area contributed by atoms with E-state index in [0.717, 1.165) is 24.3 Å². The molecule has 1 nitrogen and oxygen atoms in total. The van der Waals surface area contributed by atoms with Crippen molar-refractivity contribution in [3.8, 4) is 0 Å². The summed E-state index contributed by atoms with van der Waals surface area (Å²) in [7, 11) is 0. The Bertz CT molecular complexity index is 349. The molecule has 0 N–H and O–H groups in total. The van der Waals surface area contributed by atoms with Crippen LogP contribution in [-0.2, 0) is 11.2 Å². The molecule has 0 unspecified atom stereocenters. The predicted octanol–water partition coefficient (Wildman–Crippen LogP) is 4.55. The number of ketones is 1. The van der Waals surface area contributed by atoms with Gasteiger partial charge in [0.2, 0.25) is 0 Å². The highest BCUT2D eigenvalue weighted by atomic mass is 16.1. The fourth-order valence-electron chi connectivity index (χ4n) is 2.98. The Kier molecular flexibility index (Phi) is 5.44. The van der Waals surface area contributed by atoms with Gasteiger partial charge in [-0.1, -0.05) is 68.9 Å². The number of rotatable bonds is 6. The van der Waals surface area contributed by atoms with E-state index >= 15 is 0 Å². The van der Waals surface area contributed by atoms with E-state index in [9.17, 15) is 4.79 Å². The molecule has 1 aliphatic carbocycles. The molecule has 98 valence electrons. The Morgan fingerprint density at radius 1 is 1.06 bits per heavy atom. The Morgan fingerprint density at radius 2 is 1.78 bits per heavy atom. The third-order valence-corrected chi connectivity index (χ3v) is 4.04. The number of carbonyl (C=O) groups is 1. The van der Waals surface area contributed by atoms with Gasteiger partial charge in [0.15, 0.2) is 0 Å². The number of hydrogen-bond donors (Lipinski definition) is 0. The topological polar surface area (TPSA) is 17.1 Å². The Labute approximate surface area is 111 Å². The molecule has 2 rings (SSSR count). The third kappa shape index (κ3) is 4.64. The first-order valence-corrected chi connectivity index (χ1v) is 7.40. The molecule has 1 aromatic carbocycles. The van der Waals surface area contributed by atoms with Crippen LogP contribution >= 0.6 is 0 Å². The zero-order chi connectivity index (χ0) is 12.6. The van der Waals surface area contributed by atoms with Gasteiger partial charge in [0.1, 0.15) is 5.78 Å². The predicted molar refractivity (Wildman–Crippen MR) is 75.6 cm³/mol. The van der Waals surface area contributed by atoms with Gasteiger partial charge < -0.3 is 0 Å². The van der Waals surface area contributed by atoms with Gasteiger partial charge in [-0.25, -0.2) is 0 Å². The van der Waals surface area contributed by atoms with Crippen molar-refractivity contribution in [3.05, 3.63) is 35.9 Å². The zero-order valence-electron chi connectivity index (χ0n) is 11.2. The van der Waals surface area contributed by atoms with E-state index in [1.807, 2.05) is 30.3 Å². The van der Waals surface area contributed by atoms with Crippen molar-refractivity contribution in [2.24, 2.45) is 5.92 Å². The minimum Gasteiger partial charge on any atom is -0.299 e. The summed E-state index contributed by atoms with van der Waals surface area (Å²) in [5.41, 5.74) is 1.15. The lowest BCUT2D eigenvalue weighted by Gasteiger charge is -2.21. The lowest BCUT2D eigenvalue weighted by molar-refractivity contribution is -0.118. The quantitative estimate of drug-likeness (QED) is 0.717. The molecule has 0 atom stereocenters. The van der Waals surface area contributed by atoms with Crippen molar-refractivity contribution in [1.29, 1.82) is 0 Å². The van der Waals surface area contributed by atoms with Crippen LogP contribution < -0.4 is 0 Å². The summed E-state index contributed by atoms with van der Waals surface area (Å²) in [6.45, 7) is 0. The maximum Gasteiger partial charge on any atom is 0.137 e. The Hall–Kier alpha value is -1.11. The van der Waals surface area contributed by atoms with Crippen LogP contribution in [0.1, 0.15) is 56.9 Å². The monoisotopic (exact) mass is 244 g/mol. The Balaban J connectivity index is 1.62. The summed E-state index contributed by atoms with van der Waals surface area (Å²) in [4.78, 5) is 11.9. The van der Waals surface area contributed by atoms with Crippen molar-refractivity contribution in [3.63, 3.8) is 0 Å². The van der Waals surface area contributed by atoms with Crippen LogP contribution in [0.3, 0.4) is 0 Å². The third-order valence-electron chi connectivity index (χ3n) is 4.04. The van der Waals surface area contributed by atoms with Gasteiger partial charge >= 0.3 is 0 Å². The lowest BCUT2D eigenvalue weighted by atomic mass is 9.85. The van der Waals surface area contributed by atoms with Crippen molar-refractivity contribution in [1.82, 2.24) is 0 Å². The summed E-state index contributed by atoms with van der Waals surface area (Å²) < 4.78 is 0. The molecule has 1 aromatic rings. The van der Waals surface area contributed by atoms with E-state index in [0.29, 0.717) is 12.2 Å². The van der Waals surface area contributed by atoms with Crippen LogP contribution in [0.4, 0.5) is 0 Å². The summed E-state index contributed by atoms with van der Waals surface area (Å²) in [6.07, 6.45) is 10.8. The van der Waals surface area contributed by atoms with Crippen LogP contribution in [-0.4, -0.2) is 5.78 Å². The molecule has 1 heteroatoms. The molecule has 0 amide bonds. The molecular weight excluding hydrogens is 220 g/mol. The molecule has 0 bridgehead atoms. The largest absolute Gasteiger partial charge is 0.299 e. The molecular formula is C17H24O. The minimum absolute atomic E-state index is 0.400. The standard InChI is InChI=1S/C17H24O/c18-17(14-16-10-5-2-6-11-16)13-7-12-15-8-3-1-4-9-15/h2,5-6,10-11,15H,1,3-4,7-9,12-14H2. The van der Waals surface area contributed by atoms with Crippen LogP contribution in [0.2, 0.25) is 0 Å². The second-order valence-corrected chi connectivity index (χ2v) is 5.60. The minimum atomic E-state index is 0.400. The fraction of sp³-hybridized carbons (Fsp3) is 0.588. The molecule has 1 aliphatic rings. The van der Waals surface area contributed by atoms with Gasteiger partial charge in [0.25, 0.3) is 0 Å². The van der Waals surface area contributed by atoms with E-state index in [2.05, 4.69) is 0 Å². The first kappa shape index (κ1) is 13.3. The molecule has 0 spiro atoms. The molecule has 0 radical (unpaired) electrons. The molecule has 0 heterocycles. The van der Waals surface area contributed by atoms with Crippen LogP contribution in [0.25, 0.3) is 0 Å². The van der Waals surface area contributed by atoms with Crippen molar-refractivity contribution in [2.75, 3.05) is 0 Å². The summed E-state index contributed by atoms with van der Waals surface area (Å²) in [5, 5.41) is 0. The number of benzene rings is 1. The second-order valence-electron chi connectivity index (χ2n) is 5.60. The number of carbonyl (C=O) groups excluding carboxylic acids is 1. The van der Waals surface area contributed by atoms with E-state index in [1.165, 1.54) is 38.5 Å². The highest BCUT2D eigenvalue weighted by molar-refractivity contribution is 5.80. The van der Waals surface area contributed by atoms with Crippen LogP contribution in [0.15, 0.2) is 30.3 Å². The average Bonchev–Trinajstić information content (AvgIpc) is 2.41. The zero-order valence-corrected chi connectivity index (χ0v) is 11.2. The van der Waals surface area contributed by atoms with Crippen molar-refractivity contribution >= 4 is 5.78 Å². The normalized spacial score (nSPS) is 16.7. The van der Waals surface area contributed by atoms with Crippen molar-refractivity contribution < 1.29 is 4.79 Å². The first-order chi connectivity index (χ1) is 8.84. The maximum absolute atomic E-state index is 11.9. The van der Waals surface area contributed by atoms with Gasteiger partial charge in [-0.05, 0) is 17.9 Å². The highest BCUT2D eigenvalue weighted by Crippen LogP contribution is 2.27. The van der Waals surface area contributed by atoms with Gasteiger partial charge in [0, 0.05) is 12.8 Å². The smallest absolute Gasteiger partial charge is 0.137 e. The van der Waals surface area contributed by atoms with Crippen LogP contribution in [0, 0.1) is 5.92 Å². The van der Waals surface area contributed by atoms with E-state index in [-0.39, 0.29) is 0 Å². The lowest BCUT2D eigenvalue weighted by Crippen LogP contribution is -2.08. The SMILES string of the molecule is O=C(CCCC1CCCCC1)Cc1ccccc1. The average molecular weight is 244 g/mol. The maximum atomic E-state index is 11.9. The van der Waals surface area contributed by atoms with Gasteiger partial charge in [-0.15, -0.1) is 0 Å². The summed E-state index contributed by atoms with van der Waals surface area (Å²) in [6, 6.07) is 10.1. The molecule has 0 aromatic heterocycles. The molecule has 0 aliphatic heterocycles. The molecule has 0 saturated heterocycles. The van der Waals surface area contributed by atoms with E-state index in [4.69, 9.17) is 0 Å². The van der Waals surface area contributed by atoms with Crippen molar-refractivity contribution in [2.45, 2.75) is 57.8 Å². The molecule has 1 fully saturated rings. The fourth-order valence-corrected chi connectivity index (χ4v) is 2.98. The van der Waals surface area contributed by atoms with E-state index < -0.39 is 0 Å². The molecule has 18 heavy (non-hydrogen) atoms. The Morgan fingerprint density at radius 3 is 2.50 bits per heavy atom. The van der Waals surface area contributed by atoms with Gasteiger partial charge in [-0.3, -0.25) is 4.79 Å². The summed E-state index contributed by atoms with van der Waals surface area (Å²) in [5.74, 6) is 1.31. The van der Waals surface area contributed by atoms with Gasteiger partial charge in [-0.2, -0.15) is 0 Å². The van der Waals surface area contributed by atoms with Gasteiger partial charge in [0.05, 0.1) is 0 Å². The van der Waals surface area contributed by atoms with E-state index in [1.54, 1.807) is 0 Å². The summed E-state index contributed by atoms with van der Waals surface area (Å²) >= 11 is 0. The van der Waals surface area contributed by atoms with Crippen LogP contribution in [0.5, 0.6) is 0 Å². The second kappa shape index (κ2) is 7.35.